The Kier molecular flexibility index (Phi) is 7.76. The first-order valence-electron chi connectivity index (χ1n) is 11.9. The quantitative estimate of drug-likeness (QED) is 0.278. The normalized spacial score (nSPS) is 15.8. The molecule has 7 nitrogen and oxygen atoms in total. The Morgan fingerprint density at radius 2 is 1.94 bits per heavy atom. The number of hydrogen-bond donors (Lipinski definition) is 0. The molecule has 0 saturated heterocycles. The summed E-state index contributed by atoms with van der Waals surface area (Å²) < 4.78 is 0. The smallest absolute Gasteiger partial charge is 0.288 e. The number of fused-ring (bicyclic) bond motifs is 1. The minimum absolute atomic E-state index is 0.0384. The monoisotopic (exact) mass is 525 g/mol. The lowest BCUT2D eigenvalue weighted by molar-refractivity contribution is -0.384. The molecular formula is C27H28ClN3O4S. The van der Waals surface area contributed by atoms with Gasteiger partial charge in [-0.2, -0.15) is 0 Å². The van der Waals surface area contributed by atoms with Crippen LogP contribution < -0.4 is 0 Å². The Morgan fingerprint density at radius 1 is 1.22 bits per heavy atom. The number of nitro benzene ring substituents is 1. The molecule has 0 N–H and O–H groups in total. The number of halogens is 1. The van der Waals surface area contributed by atoms with Gasteiger partial charge in [0.25, 0.3) is 11.6 Å². The maximum atomic E-state index is 13.8. The van der Waals surface area contributed by atoms with Gasteiger partial charge >= 0.3 is 0 Å². The molecule has 0 fully saturated rings. The Labute approximate surface area is 219 Å². The van der Waals surface area contributed by atoms with Gasteiger partial charge in [-0.1, -0.05) is 48.4 Å². The van der Waals surface area contributed by atoms with Crippen molar-refractivity contribution in [1.82, 2.24) is 9.80 Å². The number of thiophene rings is 1. The fourth-order valence-corrected chi connectivity index (χ4v) is 5.62. The number of benzene rings is 2. The molecule has 1 aromatic heterocycles. The van der Waals surface area contributed by atoms with Crippen LogP contribution in [0.2, 0.25) is 5.02 Å². The average Bonchev–Trinajstić information content (AvgIpc) is 3.35. The van der Waals surface area contributed by atoms with Crippen molar-refractivity contribution >= 4 is 40.4 Å². The summed E-state index contributed by atoms with van der Waals surface area (Å²) in [5, 5.41) is 13.4. The van der Waals surface area contributed by atoms with Gasteiger partial charge < -0.3 is 9.80 Å². The van der Waals surface area contributed by atoms with E-state index in [1.165, 1.54) is 28.0 Å². The van der Waals surface area contributed by atoms with Crippen molar-refractivity contribution in [2.45, 2.75) is 45.7 Å². The van der Waals surface area contributed by atoms with Crippen LogP contribution in [0.1, 0.15) is 58.2 Å². The van der Waals surface area contributed by atoms with E-state index in [0.29, 0.717) is 13.0 Å². The first kappa shape index (κ1) is 25.9. The van der Waals surface area contributed by atoms with Gasteiger partial charge in [0, 0.05) is 29.1 Å². The highest BCUT2D eigenvalue weighted by Crippen LogP contribution is 2.38. The molecule has 188 valence electrons. The van der Waals surface area contributed by atoms with Crippen LogP contribution in [0.25, 0.3) is 0 Å². The second-order valence-electron chi connectivity index (χ2n) is 9.06. The van der Waals surface area contributed by atoms with E-state index in [-0.39, 0.29) is 40.8 Å². The molecule has 1 aliphatic heterocycles. The van der Waals surface area contributed by atoms with Crippen LogP contribution in [0.5, 0.6) is 0 Å². The summed E-state index contributed by atoms with van der Waals surface area (Å²) in [6.45, 7) is 6.28. The Balaban J connectivity index is 1.65. The summed E-state index contributed by atoms with van der Waals surface area (Å²) in [6, 6.07) is 13.8. The number of carbonyl (C=O) groups is 2. The van der Waals surface area contributed by atoms with Gasteiger partial charge in [-0.05, 0) is 61.4 Å². The maximum absolute atomic E-state index is 13.8. The summed E-state index contributed by atoms with van der Waals surface area (Å²) in [5.74, 6) is -0.591. The van der Waals surface area contributed by atoms with E-state index in [4.69, 9.17) is 11.6 Å². The molecule has 0 saturated carbocycles. The molecule has 9 heteroatoms. The zero-order valence-corrected chi connectivity index (χ0v) is 22.0. The molecule has 4 rings (SSSR count). The van der Waals surface area contributed by atoms with Crippen LogP contribution in [0.4, 0.5) is 5.69 Å². The van der Waals surface area contributed by atoms with Crippen LogP contribution in [-0.2, 0) is 11.2 Å². The molecule has 36 heavy (non-hydrogen) atoms. The molecule has 0 aliphatic carbocycles. The van der Waals surface area contributed by atoms with Gasteiger partial charge in [-0.25, -0.2) is 0 Å². The third kappa shape index (κ3) is 5.15. The van der Waals surface area contributed by atoms with Crippen LogP contribution in [0.15, 0.2) is 53.9 Å². The van der Waals surface area contributed by atoms with Crippen molar-refractivity contribution in [3.8, 4) is 0 Å². The number of aryl methyl sites for hydroxylation is 1. The topological polar surface area (TPSA) is 83.8 Å². The third-order valence-electron chi connectivity index (χ3n) is 6.76. The van der Waals surface area contributed by atoms with E-state index in [9.17, 15) is 19.7 Å². The second-order valence-corrected chi connectivity index (χ2v) is 10.5. The highest BCUT2D eigenvalue weighted by atomic mass is 35.5. The molecule has 1 aliphatic rings. The number of hydrogen-bond acceptors (Lipinski definition) is 5. The molecule has 2 unspecified atom stereocenters. The van der Waals surface area contributed by atoms with E-state index in [1.807, 2.05) is 37.8 Å². The third-order valence-corrected chi connectivity index (χ3v) is 8.07. The Bertz CT molecular complexity index is 1290. The van der Waals surface area contributed by atoms with Crippen molar-refractivity contribution in [2.24, 2.45) is 0 Å². The summed E-state index contributed by atoms with van der Waals surface area (Å²) in [5.41, 5.74) is 3.09. The average molecular weight is 526 g/mol. The van der Waals surface area contributed by atoms with E-state index in [0.717, 1.165) is 23.1 Å². The van der Waals surface area contributed by atoms with Crippen molar-refractivity contribution in [2.75, 3.05) is 13.1 Å². The largest absolute Gasteiger partial charge is 0.330 e. The molecule has 2 aromatic carbocycles. The minimum atomic E-state index is -0.615. The van der Waals surface area contributed by atoms with Crippen LogP contribution in [-0.4, -0.2) is 45.7 Å². The molecule has 2 heterocycles. The van der Waals surface area contributed by atoms with Gasteiger partial charge in [0.1, 0.15) is 11.6 Å². The van der Waals surface area contributed by atoms with E-state index in [1.54, 1.807) is 11.3 Å². The number of rotatable bonds is 7. The highest BCUT2D eigenvalue weighted by Gasteiger charge is 2.35. The van der Waals surface area contributed by atoms with Crippen molar-refractivity contribution in [3.63, 3.8) is 0 Å². The Hall–Kier alpha value is -3.23. The second kappa shape index (κ2) is 10.8. The zero-order chi connectivity index (χ0) is 26.0. The number of nitro groups is 1. The van der Waals surface area contributed by atoms with Gasteiger partial charge in [0.05, 0.1) is 11.0 Å². The van der Waals surface area contributed by atoms with E-state index >= 15 is 0 Å². The molecule has 2 atom stereocenters. The summed E-state index contributed by atoms with van der Waals surface area (Å²) in [7, 11) is 0. The van der Waals surface area contributed by atoms with Crippen molar-refractivity contribution in [1.29, 1.82) is 0 Å². The highest BCUT2D eigenvalue weighted by molar-refractivity contribution is 7.10. The molecule has 3 aromatic rings. The van der Waals surface area contributed by atoms with E-state index in [2.05, 4.69) is 23.6 Å². The lowest BCUT2D eigenvalue weighted by Gasteiger charge is -2.38. The SMILES string of the molecule is CCC(C)N(CC(=O)N1CCc2sccc2C1c1ccc(C)cc1)C(=O)c1ccc(Cl)c([N+](=O)[O-])c1. The standard InChI is InChI=1S/C27H28ClN3O4S/c1-4-18(3)30(27(33)20-9-10-22(28)23(15-20)31(34)35)16-25(32)29-13-11-24-21(12-14-36-24)26(29)19-7-5-17(2)6-8-19/h5-10,12,14-15,18,26H,4,11,13,16H2,1-3H3. The maximum Gasteiger partial charge on any atom is 0.288 e. The first-order chi connectivity index (χ1) is 17.2. The van der Waals surface area contributed by atoms with Crippen molar-refractivity contribution in [3.05, 3.63) is 96.2 Å². The van der Waals surface area contributed by atoms with E-state index < -0.39 is 10.8 Å². The van der Waals surface area contributed by atoms with Gasteiger partial charge in [-0.15, -0.1) is 11.3 Å². The van der Waals surface area contributed by atoms with Crippen LogP contribution in [0.3, 0.4) is 0 Å². The molecular weight excluding hydrogens is 498 g/mol. The molecule has 0 bridgehead atoms. The lowest BCUT2D eigenvalue weighted by atomic mass is 9.92. The lowest BCUT2D eigenvalue weighted by Crippen LogP contribution is -2.49. The predicted molar refractivity (Wildman–Crippen MR) is 142 cm³/mol. The molecule has 2 amide bonds. The predicted octanol–water partition coefficient (Wildman–Crippen LogP) is 6.03. The number of carbonyl (C=O) groups excluding carboxylic acids is 2. The summed E-state index contributed by atoms with van der Waals surface area (Å²) in [4.78, 5) is 42.6. The fourth-order valence-electron chi connectivity index (χ4n) is 4.53. The summed E-state index contributed by atoms with van der Waals surface area (Å²) >= 11 is 7.64. The van der Waals surface area contributed by atoms with Crippen LogP contribution in [0, 0.1) is 17.0 Å². The number of nitrogens with zero attached hydrogens (tertiary/aromatic N) is 3. The van der Waals surface area contributed by atoms with Gasteiger partial charge in [-0.3, -0.25) is 19.7 Å². The van der Waals surface area contributed by atoms with Gasteiger partial charge in [0.2, 0.25) is 5.91 Å². The zero-order valence-electron chi connectivity index (χ0n) is 20.4. The fraction of sp³-hybridized carbons (Fsp3) is 0.333. The van der Waals surface area contributed by atoms with Crippen LogP contribution >= 0.6 is 22.9 Å². The summed E-state index contributed by atoms with van der Waals surface area (Å²) in [6.07, 6.45) is 1.40. The molecule has 0 radical (unpaired) electrons. The molecule has 0 spiro atoms. The van der Waals surface area contributed by atoms with Crippen molar-refractivity contribution < 1.29 is 14.5 Å². The number of amides is 2. The Morgan fingerprint density at radius 3 is 2.61 bits per heavy atom. The first-order valence-corrected chi connectivity index (χ1v) is 13.1. The van der Waals surface area contributed by atoms with Gasteiger partial charge in [0.15, 0.2) is 0 Å². The minimum Gasteiger partial charge on any atom is -0.330 e.